The Morgan fingerprint density at radius 1 is 1.25 bits per heavy atom. The standard InChI is InChI=1S/C15H30O5/c1-6-8-9-13(11-18-14(16)17)12(3)19-20-15(4,5)10-7-2/h12-13H,6-11H2,1-5H3,(H,16,17). The van der Waals surface area contributed by atoms with Crippen LogP contribution in [0.15, 0.2) is 0 Å². The first-order valence-electron chi connectivity index (χ1n) is 7.52. The Morgan fingerprint density at radius 2 is 1.90 bits per heavy atom. The van der Waals surface area contributed by atoms with Crippen LogP contribution in [0.3, 0.4) is 0 Å². The summed E-state index contributed by atoms with van der Waals surface area (Å²) in [5.41, 5.74) is -0.327. The van der Waals surface area contributed by atoms with Gasteiger partial charge in [-0.15, -0.1) is 0 Å². The molecule has 0 aromatic rings. The van der Waals surface area contributed by atoms with E-state index in [-0.39, 0.29) is 24.2 Å². The molecule has 0 amide bonds. The van der Waals surface area contributed by atoms with Gasteiger partial charge in [0, 0.05) is 5.92 Å². The van der Waals surface area contributed by atoms with Crippen LogP contribution >= 0.6 is 0 Å². The van der Waals surface area contributed by atoms with Crippen molar-refractivity contribution < 1.29 is 24.4 Å². The lowest BCUT2D eigenvalue weighted by molar-refractivity contribution is -0.383. The van der Waals surface area contributed by atoms with Gasteiger partial charge >= 0.3 is 6.16 Å². The molecule has 20 heavy (non-hydrogen) atoms. The van der Waals surface area contributed by atoms with E-state index in [0.717, 1.165) is 32.1 Å². The van der Waals surface area contributed by atoms with E-state index in [1.165, 1.54) is 0 Å². The first kappa shape index (κ1) is 19.2. The minimum Gasteiger partial charge on any atom is -0.450 e. The van der Waals surface area contributed by atoms with Gasteiger partial charge in [0.1, 0.15) is 6.61 Å². The average Bonchev–Trinajstić information content (AvgIpc) is 2.36. The minimum atomic E-state index is -1.24. The third-order valence-corrected chi connectivity index (χ3v) is 3.29. The summed E-state index contributed by atoms with van der Waals surface area (Å²) in [5.74, 6) is 0.0171. The van der Waals surface area contributed by atoms with Gasteiger partial charge in [-0.05, 0) is 33.6 Å². The molecule has 5 nitrogen and oxygen atoms in total. The normalized spacial score (nSPS) is 14.8. The summed E-state index contributed by atoms with van der Waals surface area (Å²) in [7, 11) is 0. The zero-order valence-electron chi connectivity index (χ0n) is 13.5. The van der Waals surface area contributed by atoms with Crippen LogP contribution in [0.4, 0.5) is 4.79 Å². The van der Waals surface area contributed by atoms with Crippen LogP contribution in [0, 0.1) is 5.92 Å². The highest BCUT2D eigenvalue weighted by atomic mass is 17.2. The average molecular weight is 290 g/mol. The van der Waals surface area contributed by atoms with Crippen LogP contribution in [-0.4, -0.2) is 29.6 Å². The third kappa shape index (κ3) is 9.15. The third-order valence-electron chi connectivity index (χ3n) is 3.29. The molecule has 0 radical (unpaired) electrons. The molecule has 2 atom stereocenters. The molecule has 0 bridgehead atoms. The number of carbonyl (C=O) groups is 1. The van der Waals surface area contributed by atoms with Gasteiger partial charge in [-0.25, -0.2) is 14.6 Å². The van der Waals surface area contributed by atoms with Gasteiger partial charge in [-0.1, -0.05) is 33.1 Å². The van der Waals surface area contributed by atoms with Gasteiger partial charge in [0.15, 0.2) is 0 Å². The van der Waals surface area contributed by atoms with E-state index < -0.39 is 6.16 Å². The molecule has 0 fully saturated rings. The first-order valence-corrected chi connectivity index (χ1v) is 7.52. The fourth-order valence-corrected chi connectivity index (χ4v) is 2.03. The predicted octanol–water partition coefficient (Wildman–Crippen LogP) is 4.40. The van der Waals surface area contributed by atoms with E-state index in [9.17, 15) is 4.79 Å². The fraction of sp³-hybridized carbons (Fsp3) is 0.933. The zero-order valence-corrected chi connectivity index (χ0v) is 13.5. The molecule has 0 rings (SSSR count). The van der Waals surface area contributed by atoms with E-state index in [4.69, 9.17) is 14.9 Å². The molecule has 0 heterocycles. The smallest absolute Gasteiger partial charge is 0.450 e. The van der Waals surface area contributed by atoms with Crippen molar-refractivity contribution in [1.29, 1.82) is 0 Å². The van der Waals surface area contributed by atoms with Gasteiger partial charge in [-0.3, -0.25) is 0 Å². The van der Waals surface area contributed by atoms with E-state index in [2.05, 4.69) is 18.6 Å². The van der Waals surface area contributed by atoms with Gasteiger partial charge in [0.25, 0.3) is 0 Å². The number of hydrogen-bond acceptors (Lipinski definition) is 4. The molecule has 5 heteroatoms. The Kier molecular flexibility index (Phi) is 9.59. The van der Waals surface area contributed by atoms with Crippen molar-refractivity contribution in [3.05, 3.63) is 0 Å². The molecule has 0 aliphatic heterocycles. The summed E-state index contributed by atoms with van der Waals surface area (Å²) >= 11 is 0. The van der Waals surface area contributed by atoms with Crippen LogP contribution in [0.25, 0.3) is 0 Å². The second-order valence-corrected chi connectivity index (χ2v) is 5.87. The Labute approximate surface area is 122 Å². The Morgan fingerprint density at radius 3 is 2.40 bits per heavy atom. The molecule has 0 saturated carbocycles. The van der Waals surface area contributed by atoms with E-state index in [0.29, 0.717) is 0 Å². The quantitative estimate of drug-likeness (QED) is 0.347. The highest BCUT2D eigenvalue weighted by Crippen LogP contribution is 2.22. The largest absolute Gasteiger partial charge is 0.505 e. The van der Waals surface area contributed by atoms with E-state index in [1.54, 1.807) is 0 Å². The van der Waals surface area contributed by atoms with E-state index >= 15 is 0 Å². The van der Waals surface area contributed by atoms with Crippen molar-refractivity contribution in [3.8, 4) is 0 Å². The monoisotopic (exact) mass is 290 g/mol. The Bertz CT molecular complexity index is 265. The molecule has 2 unspecified atom stereocenters. The summed E-state index contributed by atoms with van der Waals surface area (Å²) in [6, 6.07) is 0. The highest BCUT2D eigenvalue weighted by Gasteiger charge is 2.25. The van der Waals surface area contributed by atoms with Gasteiger partial charge in [0.2, 0.25) is 0 Å². The molecule has 0 saturated heterocycles. The zero-order chi connectivity index (χ0) is 15.6. The second kappa shape index (κ2) is 10.00. The first-order chi connectivity index (χ1) is 9.32. The van der Waals surface area contributed by atoms with Crippen molar-refractivity contribution >= 4 is 6.16 Å². The van der Waals surface area contributed by atoms with E-state index in [1.807, 2.05) is 20.8 Å². The summed E-state index contributed by atoms with van der Waals surface area (Å²) in [4.78, 5) is 21.5. The van der Waals surface area contributed by atoms with Crippen molar-refractivity contribution in [1.82, 2.24) is 0 Å². The van der Waals surface area contributed by atoms with Gasteiger partial charge in [-0.2, -0.15) is 0 Å². The number of hydrogen-bond donors (Lipinski definition) is 1. The van der Waals surface area contributed by atoms with Crippen molar-refractivity contribution in [2.24, 2.45) is 5.92 Å². The molecule has 1 N–H and O–H groups in total. The molecule has 0 aliphatic rings. The van der Waals surface area contributed by atoms with Crippen molar-refractivity contribution in [3.63, 3.8) is 0 Å². The van der Waals surface area contributed by atoms with Gasteiger partial charge < -0.3 is 9.84 Å². The lowest BCUT2D eigenvalue weighted by Crippen LogP contribution is -2.32. The molecule has 120 valence electrons. The highest BCUT2D eigenvalue weighted by molar-refractivity contribution is 5.56. The van der Waals surface area contributed by atoms with Crippen molar-refractivity contribution in [2.75, 3.05) is 6.61 Å². The van der Waals surface area contributed by atoms with Crippen LogP contribution < -0.4 is 0 Å². The molecule has 0 aliphatic carbocycles. The number of ether oxygens (including phenoxy) is 1. The topological polar surface area (TPSA) is 65.0 Å². The maximum atomic E-state index is 10.5. The van der Waals surface area contributed by atoms with Crippen LogP contribution in [-0.2, 0) is 14.5 Å². The number of unbranched alkanes of at least 4 members (excludes halogenated alkanes) is 1. The SMILES string of the molecule is CCCCC(COC(=O)O)C(C)OOC(C)(C)CCC. The molecule has 0 spiro atoms. The van der Waals surface area contributed by atoms with Crippen LogP contribution in [0.1, 0.15) is 66.7 Å². The van der Waals surface area contributed by atoms with Gasteiger partial charge in [0.05, 0.1) is 11.7 Å². The summed E-state index contributed by atoms with van der Waals surface area (Å²) in [6.07, 6.45) is 3.42. The second-order valence-electron chi connectivity index (χ2n) is 5.87. The minimum absolute atomic E-state index is 0.0171. The number of carboxylic acid groups (broad SMARTS) is 1. The fourth-order valence-electron chi connectivity index (χ4n) is 2.03. The van der Waals surface area contributed by atoms with Crippen LogP contribution in [0.5, 0.6) is 0 Å². The summed E-state index contributed by atoms with van der Waals surface area (Å²) < 4.78 is 4.68. The maximum absolute atomic E-state index is 10.5. The molecule has 0 aromatic heterocycles. The predicted molar refractivity (Wildman–Crippen MR) is 77.6 cm³/mol. The lowest BCUT2D eigenvalue weighted by atomic mass is 9.98. The van der Waals surface area contributed by atoms with Crippen molar-refractivity contribution in [2.45, 2.75) is 78.4 Å². The summed E-state index contributed by atoms with van der Waals surface area (Å²) in [6.45, 7) is 10.2. The lowest BCUT2D eigenvalue weighted by Gasteiger charge is -2.28. The molecular formula is C15H30O5. The Balaban J connectivity index is 4.30. The number of rotatable bonds is 11. The molecular weight excluding hydrogens is 260 g/mol. The van der Waals surface area contributed by atoms with Crippen LogP contribution in [0.2, 0.25) is 0 Å². The maximum Gasteiger partial charge on any atom is 0.505 e. The molecule has 0 aromatic carbocycles. The summed E-state index contributed by atoms with van der Waals surface area (Å²) in [5, 5.41) is 8.60. The Hall–Kier alpha value is -0.810.